The first-order chi connectivity index (χ1) is 9.47. The number of hydrogen-bond donors (Lipinski definition) is 2. The summed E-state index contributed by atoms with van der Waals surface area (Å²) in [4.78, 5) is 25.0. The molecule has 1 fully saturated rings. The lowest BCUT2D eigenvalue weighted by molar-refractivity contribution is -0.146. The van der Waals surface area contributed by atoms with Gasteiger partial charge in [-0.1, -0.05) is 13.3 Å². The third-order valence-electron chi connectivity index (χ3n) is 3.86. The highest BCUT2D eigenvalue weighted by molar-refractivity contribution is 5.80. The van der Waals surface area contributed by atoms with E-state index in [4.69, 9.17) is 4.74 Å². The van der Waals surface area contributed by atoms with Gasteiger partial charge in [-0.05, 0) is 32.2 Å². The molecule has 1 amide bonds. The Morgan fingerprint density at radius 2 is 2.20 bits per heavy atom. The number of likely N-dealkylation sites (tertiary alicyclic amines) is 1. The van der Waals surface area contributed by atoms with Crippen LogP contribution in [0.3, 0.4) is 0 Å². The van der Waals surface area contributed by atoms with Crippen molar-refractivity contribution in [1.29, 1.82) is 0 Å². The Morgan fingerprint density at radius 3 is 2.75 bits per heavy atom. The van der Waals surface area contributed by atoms with Crippen LogP contribution in [0.25, 0.3) is 0 Å². The largest absolute Gasteiger partial charge is 0.480 e. The molecule has 0 radical (unpaired) electrons. The highest BCUT2D eigenvalue weighted by atomic mass is 16.5. The fourth-order valence-electron chi connectivity index (χ4n) is 2.70. The molecular formula is C14H26N2O4. The van der Waals surface area contributed by atoms with Gasteiger partial charge in [0.05, 0.1) is 13.2 Å². The molecule has 2 N–H and O–H groups in total. The molecule has 1 aliphatic heterocycles. The summed E-state index contributed by atoms with van der Waals surface area (Å²) in [6.45, 7) is 5.20. The Hall–Kier alpha value is -1.14. The number of piperidine rings is 1. The lowest BCUT2D eigenvalue weighted by Gasteiger charge is -2.36. The van der Waals surface area contributed by atoms with Gasteiger partial charge in [-0.15, -0.1) is 0 Å². The van der Waals surface area contributed by atoms with Gasteiger partial charge >= 0.3 is 5.97 Å². The predicted octanol–water partition coefficient (Wildman–Crippen LogP) is 0.713. The summed E-state index contributed by atoms with van der Waals surface area (Å²) < 4.78 is 4.96. The van der Waals surface area contributed by atoms with Crippen LogP contribution in [0.1, 0.15) is 33.1 Å². The molecule has 6 heteroatoms. The molecule has 3 atom stereocenters. The van der Waals surface area contributed by atoms with E-state index in [-0.39, 0.29) is 18.5 Å². The lowest BCUT2D eigenvalue weighted by Crippen LogP contribution is -2.52. The molecule has 6 nitrogen and oxygen atoms in total. The minimum atomic E-state index is -0.833. The zero-order valence-corrected chi connectivity index (χ0v) is 12.6. The zero-order chi connectivity index (χ0) is 15.1. The number of methoxy groups -OCH3 is 1. The van der Waals surface area contributed by atoms with Crippen LogP contribution in [-0.2, 0) is 14.3 Å². The van der Waals surface area contributed by atoms with E-state index in [9.17, 15) is 14.7 Å². The number of amides is 1. The summed E-state index contributed by atoms with van der Waals surface area (Å²) in [5, 5.41) is 12.1. The Kier molecular flexibility index (Phi) is 6.95. The van der Waals surface area contributed by atoms with Gasteiger partial charge < -0.3 is 15.2 Å². The number of carboxylic acid groups (broad SMARTS) is 1. The van der Waals surface area contributed by atoms with Crippen LogP contribution in [0.15, 0.2) is 0 Å². The van der Waals surface area contributed by atoms with Gasteiger partial charge in [0.25, 0.3) is 0 Å². The molecule has 1 rings (SSSR count). The van der Waals surface area contributed by atoms with Crippen LogP contribution in [0, 0.1) is 5.92 Å². The van der Waals surface area contributed by atoms with Crippen LogP contribution in [0.2, 0.25) is 0 Å². The second-order valence-electron chi connectivity index (χ2n) is 5.55. The molecule has 0 aromatic heterocycles. The number of carbonyl (C=O) groups excluding carboxylic acids is 1. The monoisotopic (exact) mass is 286 g/mol. The van der Waals surface area contributed by atoms with E-state index in [0.717, 1.165) is 12.8 Å². The SMILES string of the molecule is CCC1CCN(CC(=O)NC(C)COC)C(C(=O)O)C1. The molecule has 0 bridgehead atoms. The Labute approximate surface area is 120 Å². The third kappa shape index (κ3) is 5.09. The van der Waals surface area contributed by atoms with Gasteiger partial charge in [0, 0.05) is 13.2 Å². The quantitative estimate of drug-likeness (QED) is 0.721. The first kappa shape index (κ1) is 16.9. The van der Waals surface area contributed by atoms with Crippen molar-refractivity contribution >= 4 is 11.9 Å². The highest BCUT2D eigenvalue weighted by Gasteiger charge is 2.33. The molecule has 116 valence electrons. The second-order valence-corrected chi connectivity index (χ2v) is 5.55. The number of nitrogens with zero attached hydrogens (tertiary/aromatic N) is 1. The first-order valence-electron chi connectivity index (χ1n) is 7.23. The molecular weight excluding hydrogens is 260 g/mol. The van der Waals surface area contributed by atoms with E-state index in [1.54, 1.807) is 12.0 Å². The van der Waals surface area contributed by atoms with E-state index in [1.165, 1.54) is 0 Å². The van der Waals surface area contributed by atoms with E-state index in [1.807, 2.05) is 6.92 Å². The molecule has 0 saturated carbocycles. The van der Waals surface area contributed by atoms with Crippen LogP contribution >= 0.6 is 0 Å². The van der Waals surface area contributed by atoms with Crippen LogP contribution in [-0.4, -0.2) is 60.8 Å². The summed E-state index contributed by atoms with van der Waals surface area (Å²) >= 11 is 0. The van der Waals surface area contributed by atoms with Crippen molar-refractivity contribution in [2.45, 2.75) is 45.2 Å². The number of aliphatic carboxylic acids is 1. The van der Waals surface area contributed by atoms with Gasteiger partial charge in [0.2, 0.25) is 5.91 Å². The van der Waals surface area contributed by atoms with Crippen molar-refractivity contribution in [3.05, 3.63) is 0 Å². The number of hydrogen-bond acceptors (Lipinski definition) is 4. The molecule has 0 aliphatic carbocycles. The van der Waals surface area contributed by atoms with Crippen molar-refractivity contribution in [3.63, 3.8) is 0 Å². The van der Waals surface area contributed by atoms with Crippen molar-refractivity contribution in [2.24, 2.45) is 5.92 Å². The van der Waals surface area contributed by atoms with E-state index >= 15 is 0 Å². The standard InChI is InChI=1S/C14H26N2O4/c1-4-11-5-6-16(12(7-11)14(18)19)8-13(17)15-10(2)9-20-3/h10-12H,4-9H2,1-3H3,(H,15,17)(H,18,19). The van der Waals surface area contributed by atoms with Crippen LogP contribution < -0.4 is 5.32 Å². The van der Waals surface area contributed by atoms with Crippen LogP contribution in [0.4, 0.5) is 0 Å². The normalized spacial score (nSPS) is 25.1. The van der Waals surface area contributed by atoms with E-state index in [2.05, 4.69) is 12.2 Å². The average Bonchev–Trinajstić information content (AvgIpc) is 2.38. The Morgan fingerprint density at radius 1 is 1.50 bits per heavy atom. The number of nitrogens with one attached hydrogen (secondary N) is 1. The Balaban J connectivity index is 2.52. The fourth-order valence-corrected chi connectivity index (χ4v) is 2.70. The maximum absolute atomic E-state index is 11.9. The molecule has 1 aliphatic rings. The molecule has 1 heterocycles. The maximum Gasteiger partial charge on any atom is 0.320 e. The zero-order valence-electron chi connectivity index (χ0n) is 12.6. The summed E-state index contributed by atoms with van der Waals surface area (Å²) in [6, 6.07) is -0.610. The minimum Gasteiger partial charge on any atom is -0.480 e. The molecule has 0 spiro atoms. The lowest BCUT2D eigenvalue weighted by atomic mass is 9.89. The van der Waals surface area contributed by atoms with Gasteiger partial charge in [-0.25, -0.2) is 0 Å². The topological polar surface area (TPSA) is 78.9 Å². The van der Waals surface area contributed by atoms with Gasteiger partial charge in [0.1, 0.15) is 6.04 Å². The first-order valence-corrected chi connectivity index (χ1v) is 7.23. The van der Waals surface area contributed by atoms with E-state index in [0.29, 0.717) is 25.5 Å². The summed E-state index contributed by atoms with van der Waals surface area (Å²) in [6.07, 6.45) is 2.59. The predicted molar refractivity (Wildman–Crippen MR) is 75.5 cm³/mol. The fraction of sp³-hybridized carbons (Fsp3) is 0.857. The molecule has 20 heavy (non-hydrogen) atoms. The van der Waals surface area contributed by atoms with Crippen molar-refractivity contribution in [3.8, 4) is 0 Å². The summed E-state index contributed by atoms with van der Waals surface area (Å²) in [7, 11) is 1.58. The molecule has 0 aromatic rings. The third-order valence-corrected chi connectivity index (χ3v) is 3.86. The number of carbonyl (C=O) groups is 2. The van der Waals surface area contributed by atoms with Crippen LogP contribution in [0.5, 0.6) is 0 Å². The summed E-state index contributed by atoms with van der Waals surface area (Å²) in [5.41, 5.74) is 0. The highest BCUT2D eigenvalue weighted by Crippen LogP contribution is 2.25. The number of rotatable bonds is 7. The van der Waals surface area contributed by atoms with Gasteiger partial charge in [-0.3, -0.25) is 14.5 Å². The van der Waals surface area contributed by atoms with Crippen molar-refractivity contribution in [2.75, 3.05) is 26.8 Å². The molecule has 3 unspecified atom stereocenters. The molecule has 1 saturated heterocycles. The Bertz CT molecular complexity index is 335. The number of carboxylic acids is 1. The maximum atomic E-state index is 11.9. The van der Waals surface area contributed by atoms with E-state index < -0.39 is 12.0 Å². The smallest absolute Gasteiger partial charge is 0.320 e. The van der Waals surface area contributed by atoms with Crippen molar-refractivity contribution < 1.29 is 19.4 Å². The molecule has 0 aromatic carbocycles. The minimum absolute atomic E-state index is 0.0658. The number of ether oxygens (including phenoxy) is 1. The van der Waals surface area contributed by atoms with Gasteiger partial charge in [-0.2, -0.15) is 0 Å². The summed E-state index contributed by atoms with van der Waals surface area (Å²) in [5.74, 6) is -0.528. The van der Waals surface area contributed by atoms with Gasteiger partial charge in [0.15, 0.2) is 0 Å². The average molecular weight is 286 g/mol. The second kappa shape index (κ2) is 8.21. The van der Waals surface area contributed by atoms with Crippen molar-refractivity contribution in [1.82, 2.24) is 10.2 Å².